The van der Waals surface area contributed by atoms with E-state index in [2.05, 4.69) is 16.2 Å². The number of carbonyl (C=O) groups excluding carboxylic acids is 2. The van der Waals surface area contributed by atoms with Gasteiger partial charge in [0.05, 0.1) is 0 Å². The van der Waals surface area contributed by atoms with Crippen LogP contribution in [0.25, 0.3) is 0 Å². The van der Waals surface area contributed by atoms with Crippen LogP contribution in [0.5, 0.6) is 0 Å². The summed E-state index contributed by atoms with van der Waals surface area (Å²) in [4.78, 5) is 23.7. The average molecular weight is 308 g/mol. The van der Waals surface area contributed by atoms with Crippen molar-refractivity contribution in [2.45, 2.75) is 25.7 Å². The molecule has 0 spiro atoms. The van der Waals surface area contributed by atoms with Crippen LogP contribution in [-0.2, 0) is 4.79 Å². The highest BCUT2D eigenvalue weighted by Gasteiger charge is 2.54. The van der Waals surface area contributed by atoms with Gasteiger partial charge in [-0.1, -0.05) is 30.5 Å². The Morgan fingerprint density at radius 1 is 1.10 bits per heavy atom. The lowest BCUT2D eigenvalue weighted by molar-refractivity contribution is -0.123. The van der Waals surface area contributed by atoms with Crippen LogP contribution in [-0.4, -0.2) is 11.9 Å². The van der Waals surface area contributed by atoms with E-state index in [4.69, 9.17) is 11.6 Å². The van der Waals surface area contributed by atoms with Crippen LogP contribution >= 0.6 is 11.6 Å². The Bertz CT molecular complexity index is 552. The van der Waals surface area contributed by atoms with Crippen LogP contribution in [0.1, 0.15) is 25.7 Å². The van der Waals surface area contributed by atoms with Gasteiger partial charge in [-0.15, -0.1) is 0 Å². The average Bonchev–Trinajstić information content (AvgIpc) is 3.19. The standard InChI is InChI=1S/C15H18ClN3O2/c16-9-4-3-5-10(8-9)17-15(21)19-18-14(20)13-11-6-1-2-7-12(11)13/h3-5,8,11-13H,1-2,6-7H2,(H,18,20)(H2,17,19,21)/t11-,12-/m1/s1. The van der Waals surface area contributed by atoms with E-state index in [0.29, 0.717) is 22.5 Å². The Morgan fingerprint density at radius 3 is 2.48 bits per heavy atom. The SMILES string of the molecule is O=C(NNC(=O)C1[C@@H]2CCCC[C@@H]12)Nc1cccc(Cl)c1. The van der Waals surface area contributed by atoms with Crippen molar-refractivity contribution in [3.05, 3.63) is 29.3 Å². The molecule has 2 atom stereocenters. The first-order valence-corrected chi connectivity index (χ1v) is 7.65. The predicted molar refractivity (Wildman–Crippen MR) is 80.7 cm³/mol. The van der Waals surface area contributed by atoms with Gasteiger partial charge >= 0.3 is 6.03 Å². The zero-order valence-electron chi connectivity index (χ0n) is 11.6. The van der Waals surface area contributed by atoms with Crippen molar-refractivity contribution in [3.63, 3.8) is 0 Å². The van der Waals surface area contributed by atoms with Crippen LogP contribution in [0, 0.1) is 17.8 Å². The van der Waals surface area contributed by atoms with Crippen molar-refractivity contribution in [2.24, 2.45) is 17.8 Å². The van der Waals surface area contributed by atoms with E-state index in [0.717, 1.165) is 12.8 Å². The summed E-state index contributed by atoms with van der Waals surface area (Å²) < 4.78 is 0. The first-order valence-electron chi connectivity index (χ1n) is 7.27. The molecule has 2 aliphatic rings. The Morgan fingerprint density at radius 2 is 1.81 bits per heavy atom. The molecule has 0 saturated heterocycles. The topological polar surface area (TPSA) is 70.2 Å². The highest BCUT2D eigenvalue weighted by Crippen LogP contribution is 2.55. The van der Waals surface area contributed by atoms with Gasteiger partial charge in [-0.25, -0.2) is 10.2 Å². The molecule has 3 N–H and O–H groups in total. The third-order valence-electron chi connectivity index (χ3n) is 4.34. The maximum absolute atomic E-state index is 12.0. The van der Waals surface area contributed by atoms with E-state index in [-0.39, 0.29) is 11.8 Å². The second-order valence-electron chi connectivity index (χ2n) is 5.72. The number of nitrogens with one attached hydrogen (secondary N) is 3. The summed E-state index contributed by atoms with van der Waals surface area (Å²) in [7, 11) is 0. The van der Waals surface area contributed by atoms with Crippen molar-refractivity contribution in [1.29, 1.82) is 0 Å². The molecule has 21 heavy (non-hydrogen) atoms. The number of hydrazine groups is 1. The molecule has 2 fully saturated rings. The van der Waals surface area contributed by atoms with Crippen molar-refractivity contribution < 1.29 is 9.59 Å². The molecular weight excluding hydrogens is 290 g/mol. The van der Waals surface area contributed by atoms with Crippen molar-refractivity contribution >= 4 is 29.2 Å². The molecule has 0 aliphatic heterocycles. The number of benzene rings is 1. The Labute approximate surface area is 128 Å². The van der Waals surface area contributed by atoms with Crippen LogP contribution < -0.4 is 16.2 Å². The van der Waals surface area contributed by atoms with Crippen molar-refractivity contribution in [2.75, 3.05) is 5.32 Å². The number of hydrogen-bond donors (Lipinski definition) is 3. The number of anilines is 1. The summed E-state index contributed by atoms with van der Waals surface area (Å²) in [6.45, 7) is 0. The van der Waals surface area contributed by atoms with E-state index in [1.165, 1.54) is 12.8 Å². The highest BCUT2D eigenvalue weighted by molar-refractivity contribution is 6.30. The van der Waals surface area contributed by atoms with Gasteiger partial charge in [-0.05, 0) is 42.9 Å². The van der Waals surface area contributed by atoms with E-state index >= 15 is 0 Å². The zero-order chi connectivity index (χ0) is 14.8. The number of halogens is 1. The molecule has 2 aliphatic carbocycles. The first-order chi connectivity index (χ1) is 10.1. The van der Waals surface area contributed by atoms with Gasteiger partial charge in [0, 0.05) is 16.6 Å². The molecule has 0 heterocycles. The van der Waals surface area contributed by atoms with Gasteiger partial charge in [0.2, 0.25) is 5.91 Å². The molecule has 0 bridgehead atoms. The minimum Gasteiger partial charge on any atom is -0.307 e. The number of rotatable bonds is 2. The predicted octanol–water partition coefficient (Wildman–Crippen LogP) is 2.93. The third-order valence-corrected chi connectivity index (χ3v) is 4.58. The maximum atomic E-state index is 12.0. The van der Waals surface area contributed by atoms with Crippen molar-refractivity contribution in [3.8, 4) is 0 Å². The number of hydrogen-bond acceptors (Lipinski definition) is 2. The second kappa shape index (κ2) is 5.93. The minimum absolute atomic E-state index is 0.0758. The molecule has 0 aromatic heterocycles. The molecule has 1 aromatic rings. The quantitative estimate of drug-likeness (QED) is 0.735. The summed E-state index contributed by atoms with van der Waals surface area (Å²) >= 11 is 5.83. The number of fused-ring (bicyclic) bond motifs is 1. The largest absolute Gasteiger partial charge is 0.337 e. The van der Waals surface area contributed by atoms with E-state index in [1.807, 2.05) is 0 Å². The first kappa shape index (κ1) is 14.2. The van der Waals surface area contributed by atoms with E-state index < -0.39 is 6.03 Å². The zero-order valence-corrected chi connectivity index (χ0v) is 12.3. The lowest BCUT2D eigenvalue weighted by Gasteiger charge is -2.09. The Hall–Kier alpha value is -1.75. The number of urea groups is 1. The second-order valence-corrected chi connectivity index (χ2v) is 6.15. The van der Waals surface area contributed by atoms with Gasteiger partial charge in [-0.2, -0.15) is 0 Å². The summed E-state index contributed by atoms with van der Waals surface area (Å²) in [5.74, 6) is 1.06. The highest BCUT2D eigenvalue weighted by atomic mass is 35.5. The molecule has 1 aromatic carbocycles. The minimum atomic E-state index is -0.478. The van der Waals surface area contributed by atoms with Crippen molar-refractivity contribution in [1.82, 2.24) is 10.9 Å². The molecule has 0 radical (unpaired) electrons. The van der Waals surface area contributed by atoms with E-state index in [9.17, 15) is 9.59 Å². The smallest absolute Gasteiger partial charge is 0.307 e. The summed E-state index contributed by atoms with van der Waals surface area (Å²) in [5.41, 5.74) is 5.47. The monoisotopic (exact) mass is 307 g/mol. The lowest BCUT2D eigenvalue weighted by Crippen LogP contribution is -2.45. The van der Waals surface area contributed by atoms with Crippen LogP contribution in [0.4, 0.5) is 10.5 Å². The van der Waals surface area contributed by atoms with Gasteiger partial charge in [0.1, 0.15) is 0 Å². The fourth-order valence-electron chi connectivity index (χ4n) is 3.31. The molecule has 3 rings (SSSR count). The van der Waals surface area contributed by atoms with Gasteiger partial charge in [-0.3, -0.25) is 10.2 Å². The molecule has 6 heteroatoms. The molecule has 112 valence electrons. The van der Waals surface area contributed by atoms with Crippen LogP contribution in [0.3, 0.4) is 0 Å². The van der Waals surface area contributed by atoms with Crippen LogP contribution in [0.2, 0.25) is 5.02 Å². The Kier molecular flexibility index (Phi) is 4.01. The van der Waals surface area contributed by atoms with Gasteiger partial charge in [0.25, 0.3) is 0 Å². The fourth-order valence-corrected chi connectivity index (χ4v) is 3.50. The lowest BCUT2D eigenvalue weighted by atomic mass is 10.0. The summed E-state index contributed by atoms with van der Waals surface area (Å²) in [6, 6.07) is 6.35. The number of carbonyl (C=O) groups is 2. The molecular formula is C15H18ClN3O2. The molecule has 5 nitrogen and oxygen atoms in total. The third kappa shape index (κ3) is 3.29. The summed E-state index contributed by atoms with van der Waals surface area (Å²) in [5, 5.41) is 3.15. The van der Waals surface area contributed by atoms with Gasteiger partial charge < -0.3 is 5.32 Å². The normalized spacial score (nSPS) is 26.4. The molecule has 0 unspecified atom stereocenters. The Balaban J connectivity index is 1.45. The summed E-state index contributed by atoms with van der Waals surface area (Å²) in [6.07, 6.45) is 4.70. The fraction of sp³-hybridized carbons (Fsp3) is 0.467. The molecule has 2 saturated carbocycles. The number of amides is 3. The van der Waals surface area contributed by atoms with E-state index in [1.54, 1.807) is 24.3 Å². The maximum Gasteiger partial charge on any atom is 0.337 e. The molecule has 3 amide bonds. The van der Waals surface area contributed by atoms with Crippen LogP contribution in [0.15, 0.2) is 24.3 Å². The van der Waals surface area contributed by atoms with Gasteiger partial charge in [0.15, 0.2) is 0 Å².